The van der Waals surface area contributed by atoms with Crippen molar-refractivity contribution in [2.75, 3.05) is 33.7 Å². The standard InChI is InChI=1S/C11H14O.C10H22N4.C2H6/c1-8(2)10-5-4-6-11(12)9(3)7-10;1-5-7-13-10(12-4)14(6-2)9-8-11-3;1-2/h4-8H,1-3H3;7,11H,5-6,8-9H2,1-4H3;1-2H3/b;12-10?,13-7-;. The van der Waals surface area contributed by atoms with Crippen molar-refractivity contribution in [1.82, 2.24) is 10.2 Å². The zero-order valence-corrected chi connectivity index (χ0v) is 19.5. The van der Waals surface area contributed by atoms with Crippen LogP contribution in [0.15, 0.2) is 39.0 Å². The molecule has 1 aromatic rings. The van der Waals surface area contributed by atoms with Gasteiger partial charge in [-0.05, 0) is 50.4 Å². The summed E-state index contributed by atoms with van der Waals surface area (Å²) in [6.07, 6.45) is 2.84. The fourth-order valence-corrected chi connectivity index (χ4v) is 2.21. The average molecular weight is 391 g/mol. The number of likely N-dealkylation sites (N-methyl/N-ethyl adjacent to an activating group) is 2. The van der Waals surface area contributed by atoms with Gasteiger partial charge in [-0.2, -0.15) is 0 Å². The maximum atomic E-state index is 11.2. The molecule has 1 rings (SSSR count). The summed E-state index contributed by atoms with van der Waals surface area (Å²) in [5, 5.41) is 3.12. The van der Waals surface area contributed by atoms with E-state index < -0.39 is 0 Å². The molecule has 0 radical (unpaired) electrons. The lowest BCUT2D eigenvalue weighted by Crippen LogP contribution is -2.35. The normalized spacial score (nSPS) is 10.9. The molecule has 5 nitrogen and oxygen atoms in total. The highest BCUT2D eigenvalue weighted by atomic mass is 16.1. The molecule has 28 heavy (non-hydrogen) atoms. The van der Waals surface area contributed by atoms with Gasteiger partial charge in [0.15, 0.2) is 5.43 Å². The minimum atomic E-state index is 0.113. The Bertz CT molecular complexity index is 624. The van der Waals surface area contributed by atoms with Crippen molar-refractivity contribution in [2.45, 2.75) is 60.8 Å². The van der Waals surface area contributed by atoms with E-state index in [1.54, 1.807) is 13.1 Å². The van der Waals surface area contributed by atoms with Gasteiger partial charge in [0, 0.05) is 32.9 Å². The predicted octanol–water partition coefficient (Wildman–Crippen LogP) is 4.50. The van der Waals surface area contributed by atoms with Crippen LogP contribution in [0.1, 0.15) is 65.0 Å². The van der Waals surface area contributed by atoms with Crippen molar-refractivity contribution in [3.05, 3.63) is 45.6 Å². The monoisotopic (exact) mass is 390 g/mol. The number of nitrogens with zero attached hydrogens (tertiary/aromatic N) is 3. The Kier molecular flexibility index (Phi) is 18.5. The molecule has 160 valence electrons. The topological polar surface area (TPSA) is 57.1 Å². The molecular formula is C23H42N4O. The Balaban J connectivity index is 0. The van der Waals surface area contributed by atoms with Gasteiger partial charge in [0.05, 0.1) is 0 Å². The van der Waals surface area contributed by atoms with E-state index in [0.29, 0.717) is 5.92 Å². The number of nitrogens with one attached hydrogen (secondary N) is 1. The van der Waals surface area contributed by atoms with Crippen molar-refractivity contribution in [1.29, 1.82) is 0 Å². The summed E-state index contributed by atoms with van der Waals surface area (Å²) >= 11 is 0. The molecule has 0 bridgehead atoms. The van der Waals surface area contributed by atoms with E-state index in [1.807, 2.05) is 52.2 Å². The van der Waals surface area contributed by atoms with Crippen LogP contribution in [0, 0.1) is 6.92 Å². The summed E-state index contributed by atoms with van der Waals surface area (Å²) in [6, 6.07) is 7.40. The van der Waals surface area contributed by atoms with Crippen molar-refractivity contribution in [3.63, 3.8) is 0 Å². The van der Waals surface area contributed by atoms with Crippen molar-refractivity contribution in [2.24, 2.45) is 9.98 Å². The van der Waals surface area contributed by atoms with Gasteiger partial charge in [0.25, 0.3) is 0 Å². The van der Waals surface area contributed by atoms with Gasteiger partial charge in [-0.15, -0.1) is 0 Å². The molecule has 5 heteroatoms. The van der Waals surface area contributed by atoms with Crippen LogP contribution in [0.2, 0.25) is 0 Å². The molecule has 0 amide bonds. The highest BCUT2D eigenvalue weighted by Gasteiger charge is 2.05. The lowest BCUT2D eigenvalue weighted by molar-refractivity contribution is 0.432. The Morgan fingerprint density at radius 1 is 1.25 bits per heavy atom. The third-order valence-corrected chi connectivity index (χ3v) is 3.86. The summed E-state index contributed by atoms with van der Waals surface area (Å²) in [7, 11) is 3.73. The second-order valence-electron chi connectivity index (χ2n) is 6.30. The first kappa shape index (κ1) is 28.2. The van der Waals surface area contributed by atoms with Gasteiger partial charge in [-0.1, -0.05) is 52.8 Å². The van der Waals surface area contributed by atoms with Crippen LogP contribution in [-0.4, -0.2) is 50.8 Å². The summed E-state index contributed by atoms with van der Waals surface area (Å²) in [4.78, 5) is 21.8. The lowest BCUT2D eigenvalue weighted by atomic mass is 10.0. The van der Waals surface area contributed by atoms with E-state index >= 15 is 0 Å². The van der Waals surface area contributed by atoms with Crippen LogP contribution < -0.4 is 10.7 Å². The second-order valence-corrected chi connectivity index (χ2v) is 6.30. The number of guanidine groups is 1. The zero-order valence-electron chi connectivity index (χ0n) is 19.5. The molecule has 0 aliphatic rings. The first-order chi connectivity index (χ1) is 13.4. The Morgan fingerprint density at radius 3 is 2.36 bits per heavy atom. The van der Waals surface area contributed by atoms with Crippen LogP contribution >= 0.6 is 0 Å². The molecule has 0 aromatic heterocycles. The average Bonchev–Trinajstić information content (AvgIpc) is 2.87. The van der Waals surface area contributed by atoms with Crippen molar-refractivity contribution < 1.29 is 0 Å². The predicted molar refractivity (Wildman–Crippen MR) is 126 cm³/mol. The van der Waals surface area contributed by atoms with E-state index in [0.717, 1.165) is 37.6 Å². The summed E-state index contributed by atoms with van der Waals surface area (Å²) < 4.78 is 0. The number of hydrogen-bond acceptors (Lipinski definition) is 3. The third kappa shape index (κ3) is 12.4. The Hall–Kier alpha value is -2.01. The Labute approximate surface area is 173 Å². The summed E-state index contributed by atoms with van der Waals surface area (Å²) in [5.74, 6) is 1.31. The third-order valence-electron chi connectivity index (χ3n) is 3.86. The largest absolute Gasteiger partial charge is 0.340 e. The van der Waals surface area contributed by atoms with Crippen LogP contribution in [0.3, 0.4) is 0 Å². The van der Waals surface area contributed by atoms with Crippen LogP contribution in [0.25, 0.3) is 0 Å². The van der Waals surface area contributed by atoms with Gasteiger partial charge in [0.2, 0.25) is 5.96 Å². The number of hydrogen-bond donors (Lipinski definition) is 1. The zero-order chi connectivity index (χ0) is 21.9. The van der Waals surface area contributed by atoms with E-state index in [2.05, 4.69) is 47.9 Å². The fourth-order valence-electron chi connectivity index (χ4n) is 2.21. The van der Waals surface area contributed by atoms with Gasteiger partial charge in [-0.3, -0.25) is 9.79 Å². The molecule has 0 atom stereocenters. The van der Waals surface area contributed by atoms with E-state index in [-0.39, 0.29) is 5.43 Å². The molecule has 0 heterocycles. The highest BCUT2D eigenvalue weighted by Crippen LogP contribution is 2.12. The van der Waals surface area contributed by atoms with E-state index in [1.165, 1.54) is 5.56 Å². The maximum absolute atomic E-state index is 11.2. The van der Waals surface area contributed by atoms with Crippen molar-refractivity contribution >= 4 is 12.2 Å². The van der Waals surface area contributed by atoms with Crippen LogP contribution in [-0.2, 0) is 0 Å². The first-order valence-corrected chi connectivity index (χ1v) is 10.4. The minimum Gasteiger partial charge on any atom is -0.340 e. The molecular weight excluding hydrogens is 348 g/mol. The lowest BCUT2D eigenvalue weighted by Gasteiger charge is -2.21. The molecule has 1 N–H and O–H groups in total. The van der Waals surface area contributed by atoms with Gasteiger partial charge in [0.1, 0.15) is 0 Å². The van der Waals surface area contributed by atoms with Gasteiger partial charge in [-0.25, -0.2) is 4.99 Å². The number of rotatable bonds is 6. The first-order valence-electron chi connectivity index (χ1n) is 10.4. The van der Waals surface area contributed by atoms with Gasteiger partial charge < -0.3 is 10.2 Å². The van der Waals surface area contributed by atoms with Crippen LogP contribution in [0.5, 0.6) is 0 Å². The SMILES string of the molecule is CC.CC/C=N\C(=NC)N(CC)CCNC.Cc1cc(C(C)C)cccc1=O. The molecule has 0 spiro atoms. The quantitative estimate of drug-likeness (QED) is 0.575. The van der Waals surface area contributed by atoms with Crippen LogP contribution in [0.4, 0.5) is 0 Å². The molecule has 0 saturated carbocycles. The van der Waals surface area contributed by atoms with Gasteiger partial charge >= 0.3 is 0 Å². The smallest absolute Gasteiger partial charge is 0.220 e. The molecule has 0 fully saturated rings. The van der Waals surface area contributed by atoms with Crippen molar-refractivity contribution in [3.8, 4) is 0 Å². The fraction of sp³-hybridized carbons (Fsp3) is 0.609. The number of aliphatic imine (C=N–C) groups is 2. The van der Waals surface area contributed by atoms with E-state index in [4.69, 9.17) is 0 Å². The number of aryl methyl sites for hydroxylation is 1. The molecule has 0 aliphatic heterocycles. The molecule has 0 unspecified atom stereocenters. The highest BCUT2D eigenvalue weighted by molar-refractivity contribution is 5.87. The second kappa shape index (κ2) is 18.4. The minimum absolute atomic E-state index is 0.113. The maximum Gasteiger partial charge on any atom is 0.220 e. The molecule has 1 aromatic carbocycles. The molecule has 0 saturated heterocycles. The van der Waals surface area contributed by atoms with E-state index in [9.17, 15) is 4.79 Å². The Morgan fingerprint density at radius 2 is 1.89 bits per heavy atom. The summed E-state index contributed by atoms with van der Waals surface area (Å²) in [5.41, 5.74) is 2.15. The summed E-state index contributed by atoms with van der Waals surface area (Å²) in [6.45, 7) is 17.1. The molecule has 0 aliphatic carbocycles.